The molecule has 1 fully saturated rings. The minimum Gasteiger partial charge on any atom is -0.276 e. The molecule has 2 heteroatoms. The lowest BCUT2D eigenvalue weighted by atomic mass is 9.63. The van der Waals surface area contributed by atoms with Gasteiger partial charge < -0.3 is 0 Å². The van der Waals surface area contributed by atoms with E-state index in [2.05, 4.69) is 193 Å². The van der Waals surface area contributed by atoms with Crippen LogP contribution in [0.3, 0.4) is 0 Å². The highest BCUT2D eigenvalue weighted by Crippen LogP contribution is 2.57. The lowest BCUT2D eigenvalue weighted by Gasteiger charge is -2.47. The normalized spacial score (nSPS) is 16.7. The zero-order chi connectivity index (χ0) is 27.6. The zero-order valence-corrected chi connectivity index (χ0v) is 22.8. The summed E-state index contributed by atoms with van der Waals surface area (Å²) < 4.78 is 0. The molecule has 0 bridgehead atoms. The van der Waals surface area contributed by atoms with Crippen LogP contribution < -0.4 is 10.6 Å². The molecule has 0 unspecified atom stereocenters. The van der Waals surface area contributed by atoms with Gasteiger partial charge in [-0.25, -0.2) is 0 Å². The lowest BCUT2D eigenvalue weighted by Crippen LogP contribution is -2.56. The fraction of sp³-hybridized carbons (Fsp3) is 0.0769. The van der Waals surface area contributed by atoms with Gasteiger partial charge in [0.1, 0.15) is 5.66 Å². The van der Waals surface area contributed by atoms with E-state index >= 15 is 0 Å². The summed E-state index contributed by atoms with van der Waals surface area (Å²) in [5.41, 5.74) is 4.85. The van der Waals surface area contributed by atoms with Crippen LogP contribution >= 0.6 is 0 Å². The summed E-state index contributed by atoms with van der Waals surface area (Å²) in [6.45, 7) is 0. The van der Waals surface area contributed by atoms with Gasteiger partial charge in [-0.1, -0.05) is 182 Å². The van der Waals surface area contributed by atoms with Crippen molar-refractivity contribution in [3.05, 3.63) is 215 Å². The monoisotopic (exact) mass is 528 g/mol. The van der Waals surface area contributed by atoms with Gasteiger partial charge in [-0.2, -0.15) is 0 Å². The Kier molecular flexibility index (Phi) is 6.36. The summed E-state index contributed by atoms with van der Waals surface area (Å²) in [6.07, 6.45) is 0. The van der Waals surface area contributed by atoms with Crippen LogP contribution in [-0.4, -0.2) is 0 Å². The second-order valence-electron chi connectivity index (χ2n) is 10.7. The molecule has 0 aromatic heterocycles. The standard InChI is InChI=1S/C39H32N2/c1-7-19-31(20-8-1)37(32-21-9-2-10-22-32)38(33-23-11-3-12-24-33,34-25-13-4-14-26-34)41-39(40-37,35-27-15-5-16-28-35)36-29-17-6-18-30-36/h1-30,40-41H. The minimum absolute atomic E-state index is 0.718. The summed E-state index contributed by atoms with van der Waals surface area (Å²) in [6, 6.07) is 65.2. The number of hydrogen-bond donors (Lipinski definition) is 2. The van der Waals surface area contributed by atoms with Crippen molar-refractivity contribution in [2.75, 3.05) is 0 Å². The van der Waals surface area contributed by atoms with Crippen LogP contribution in [0.2, 0.25) is 0 Å². The summed E-state index contributed by atoms with van der Waals surface area (Å²) in [4.78, 5) is 0. The van der Waals surface area contributed by atoms with E-state index in [1.165, 1.54) is 22.3 Å². The fourth-order valence-corrected chi connectivity index (χ4v) is 6.85. The summed E-state index contributed by atoms with van der Waals surface area (Å²) in [5, 5.41) is 8.72. The van der Waals surface area contributed by atoms with E-state index in [1.54, 1.807) is 0 Å². The van der Waals surface area contributed by atoms with Crippen LogP contribution in [-0.2, 0) is 16.7 Å². The average Bonchev–Trinajstić information content (AvgIpc) is 3.42. The van der Waals surface area contributed by atoms with Gasteiger partial charge in [-0.05, 0) is 33.4 Å². The average molecular weight is 529 g/mol. The van der Waals surface area contributed by atoms with Crippen molar-refractivity contribution < 1.29 is 0 Å². The Labute approximate surface area is 242 Å². The van der Waals surface area contributed by atoms with Crippen LogP contribution in [0, 0.1) is 0 Å². The van der Waals surface area contributed by atoms with Crippen molar-refractivity contribution in [1.29, 1.82) is 0 Å². The van der Waals surface area contributed by atoms with Gasteiger partial charge in [0.25, 0.3) is 0 Å². The second-order valence-corrected chi connectivity index (χ2v) is 10.7. The Hall–Kier alpha value is -4.76. The predicted octanol–water partition coefficient (Wildman–Crippen LogP) is 7.97. The maximum absolute atomic E-state index is 4.36. The smallest absolute Gasteiger partial charge is 0.123 e. The van der Waals surface area contributed by atoms with Crippen LogP contribution in [0.15, 0.2) is 182 Å². The van der Waals surface area contributed by atoms with Crippen molar-refractivity contribution in [2.24, 2.45) is 0 Å². The minimum atomic E-state index is -0.736. The molecule has 0 aliphatic carbocycles. The summed E-state index contributed by atoms with van der Waals surface area (Å²) in [5.74, 6) is 0. The van der Waals surface area contributed by atoms with Gasteiger partial charge in [-0.3, -0.25) is 10.6 Å². The highest BCUT2D eigenvalue weighted by Gasteiger charge is 2.66. The highest BCUT2D eigenvalue weighted by molar-refractivity contribution is 5.59. The molecule has 1 heterocycles. The molecule has 41 heavy (non-hydrogen) atoms. The molecule has 1 aliphatic heterocycles. The van der Waals surface area contributed by atoms with E-state index < -0.39 is 16.7 Å². The zero-order valence-electron chi connectivity index (χ0n) is 22.8. The van der Waals surface area contributed by atoms with Gasteiger partial charge in [0.2, 0.25) is 0 Å². The number of nitrogens with one attached hydrogen (secondary N) is 2. The summed E-state index contributed by atoms with van der Waals surface area (Å²) in [7, 11) is 0. The highest BCUT2D eigenvalue weighted by atomic mass is 15.4. The molecule has 0 saturated carbocycles. The molecule has 6 aromatic carbocycles. The number of benzene rings is 6. The Bertz CT molecular complexity index is 1490. The quantitative estimate of drug-likeness (QED) is 0.229. The predicted molar refractivity (Wildman–Crippen MR) is 167 cm³/mol. The Balaban J connectivity index is 1.69. The first kappa shape index (κ1) is 25.2. The lowest BCUT2D eigenvalue weighted by molar-refractivity contribution is 0.308. The third-order valence-electron chi connectivity index (χ3n) is 8.55. The van der Waals surface area contributed by atoms with Crippen molar-refractivity contribution >= 4 is 0 Å². The first-order chi connectivity index (χ1) is 20.3. The van der Waals surface area contributed by atoms with Crippen molar-refractivity contribution in [2.45, 2.75) is 16.7 Å². The molecule has 0 atom stereocenters. The first-order valence-electron chi connectivity index (χ1n) is 14.2. The third-order valence-corrected chi connectivity index (χ3v) is 8.55. The van der Waals surface area contributed by atoms with Gasteiger partial charge in [0.15, 0.2) is 0 Å². The van der Waals surface area contributed by atoms with Crippen LogP contribution in [0.4, 0.5) is 0 Å². The second kappa shape index (κ2) is 10.3. The fourth-order valence-electron chi connectivity index (χ4n) is 6.85. The number of hydrogen-bond acceptors (Lipinski definition) is 2. The molecule has 0 amide bonds. The number of rotatable bonds is 6. The van der Waals surface area contributed by atoms with Gasteiger partial charge in [-0.15, -0.1) is 0 Å². The third kappa shape index (κ3) is 3.88. The largest absolute Gasteiger partial charge is 0.276 e. The molecular weight excluding hydrogens is 496 g/mol. The molecule has 2 nitrogen and oxygen atoms in total. The molecule has 1 saturated heterocycles. The van der Waals surface area contributed by atoms with Gasteiger partial charge >= 0.3 is 0 Å². The molecule has 6 aromatic rings. The maximum Gasteiger partial charge on any atom is 0.123 e. The van der Waals surface area contributed by atoms with Crippen molar-refractivity contribution in [3.63, 3.8) is 0 Å². The molecule has 0 spiro atoms. The SMILES string of the molecule is c1ccc(C2(c3ccccc3)NC(c3ccccc3)(c3ccccc3)C(c3ccccc3)(c3ccccc3)N2)cc1. The van der Waals surface area contributed by atoms with E-state index in [4.69, 9.17) is 0 Å². The van der Waals surface area contributed by atoms with E-state index in [0.29, 0.717) is 0 Å². The van der Waals surface area contributed by atoms with E-state index in [0.717, 1.165) is 11.1 Å². The van der Waals surface area contributed by atoms with Gasteiger partial charge in [0.05, 0.1) is 11.1 Å². The van der Waals surface area contributed by atoms with E-state index in [-0.39, 0.29) is 0 Å². The van der Waals surface area contributed by atoms with Crippen LogP contribution in [0.25, 0.3) is 0 Å². The molecule has 1 aliphatic rings. The molecule has 7 rings (SSSR count). The molecule has 2 N–H and O–H groups in total. The molecule has 0 radical (unpaired) electrons. The molecule has 198 valence electrons. The van der Waals surface area contributed by atoms with Crippen molar-refractivity contribution in [3.8, 4) is 0 Å². The topological polar surface area (TPSA) is 24.1 Å². The summed E-state index contributed by atoms with van der Waals surface area (Å²) >= 11 is 0. The maximum atomic E-state index is 4.36. The van der Waals surface area contributed by atoms with Crippen molar-refractivity contribution in [1.82, 2.24) is 10.6 Å². The van der Waals surface area contributed by atoms with Gasteiger partial charge in [0, 0.05) is 0 Å². The Morgan fingerprint density at radius 3 is 0.659 bits per heavy atom. The Morgan fingerprint density at radius 2 is 0.439 bits per heavy atom. The van der Waals surface area contributed by atoms with E-state index in [1.807, 2.05) is 0 Å². The van der Waals surface area contributed by atoms with Crippen LogP contribution in [0.5, 0.6) is 0 Å². The van der Waals surface area contributed by atoms with Crippen LogP contribution in [0.1, 0.15) is 33.4 Å². The van der Waals surface area contributed by atoms with E-state index in [9.17, 15) is 0 Å². The molecular formula is C39H32N2. The first-order valence-corrected chi connectivity index (χ1v) is 14.2. The Morgan fingerprint density at radius 1 is 0.244 bits per heavy atom.